The molecule has 726 valence electrons. The lowest BCUT2D eigenvalue weighted by molar-refractivity contribution is -0.118. The van der Waals surface area contributed by atoms with Gasteiger partial charge in [-0.2, -0.15) is 20.4 Å². The van der Waals surface area contributed by atoms with Crippen LogP contribution in [0.4, 0.5) is 10.2 Å². The summed E-state index contributed by atoms with van der Waals surface area (Å²) in [6, 6.07) is 67.6. The van der Waals surface area contributed by atoms with E-state index in [4.69, 9.17) is 61.4 Å². The molecule has 7 aromatic heterocycles. The van der Waals surface area contributed by atoms with Crippen molar-refractivity contribution in [3.63, 3.8) is 0 Å². The fourth-order valence-electron chi connectivity index (χ4n) is 15.9. The Balaban J connectivity index is 0.000000158. The Kier molecular flexibility index (Phi) is 35.9. The molecule has 17 rings (SSSR count). The maximum absolute atomic E-state index is 15.0. The first-order valence-electron chi connectivity index (χ1n) is 47.1. The highest BCUT2D eigenvalue weighted by atomic mass is 35.5. The molecule has 0 aliphatic carbocycles. The van der Waals surface area contributed by atoms with Crippen LogP contribution in [-0.4, -0.2) is 171 Å². The Hall–Kier alpha value is -12.0. The zero-order valence-corrected chi connectivity index (χ0v) is 86.4. The third-order valence-electron chi connectivity index (χ3n) is 23.6. The number of carbonyl (C=O) groups is 4. The predicted molar refractivity (Wildman–Crippen MR) is 563 cm³/mol. The molecular weight excluding hydrogens is 1820 g/mol. The summed E-state index contributed by atoms with van der Waals surface area (Å²) in [6.45, 7) is 41.3. The number of ketones is 4. The molecule has 0 amide bonds. The highest BCUT2D eigenvalue weighted by molar-refractivity contribution is 8.33. The van der Waals surface area contributed by atoms with Crippen molar-refractivity contribution in [1.82, 2.24) is 68.9 Å². The number of nitrogen functional groups attached to an aromatic ring is 1. The van der Waals surface area contributed by atoms with Gasteiger partial charge in [-0.3, -0.25) is 38.9 Å². The highest BCUT2D eigenvalue weighted by Gasteiger charge is 2.29. The summed E-state index contributed by atoms with van der Waals surface area (Å²) in [4.78, 5) is 73.2. The molecule has 8 aromatic carbocycles. The molecule has 0 bridgehead atoms. The van der Waals surface area contributed by atoms with Crippen LogP contribution in [0.15, 0.2) is 231 Å². The van der Waals surface area contributed by atoms with Gasteiger partial charge in [-0.05, 0) is 166 Å². The number of carbonyl (C=O) groups excluding carboxylic acids is 4. The van der Waals surface area contributed by atoms with E-state index < -0.39 is 5.82 Å². The van der Waals surface area contributed by atoms with E-state index >= 15 is 4.39 Å². The average molecular weight is 1950 g/mol. The van der Waals surface area contributed by atoms with E-state index in [9.17, 15) is 19.2 Å². The van der Waals surface area contributed by atoms with Gasteiger partial charge >= 0.3 is 0 Å². The summed E-state index contributed by atoms with van der Waals surface area (Å²) in [5.41, 5.74) is 21.9. The molecule has 2 aliphatic heterocycles. The van der Waals surface area contributed by atoms with Crippen molar-refractivity contribution >= 4 is 99.1 Å². The molecule has 2 unspecified atom stereocenters. The maximum atomic E-state index is 15.0. The molecular formula is C110H128ClFN15O9P3. The van der Waals surface area contributed by atoms with E-state index in [-0.39, 0.29) is 69.1 Å². The quantitative estimate of drug-likeness (QED) is 0.0352. The number of halogens is 2. The fourth-order valence-corrected chi connectivity index (χ4v) is 16.0. The second kappa shape index (κ2) is 47.8. The number of Topliss-reactive ketones (excluding diaryl/α,β-unsaturated/α-hetero) is 4. The molecule has 0 spiro atoms. The maximum Gasteiger partial charge on any atom is 0.181 e. The van der Waals surface area contributed by atoms with Crippen LogP contribution >= 0.6 is 37.4 Å². The van der Waals surface area contributed by atoms with Crippen molar-refractivity contribution in [3.8, 4) is 51.3 Å². The summed E-state index contributed by atoms with van der Waals surface area (Å²) in [7, 11) is 6.06. The van der Waals surface area contributed by atoms with Crippen LogP contribution in [0.5, 0.6) is 23.0 Å². The molecule has 0 saturated carbocycles. The molecule has 2 aliphatic rings. The molecule has 29 heteroatoms. The lowest BCUT2D eigenvalue weighted by Crippen LogP contribution is -2.38. The molecule has 2 saturated heterocycles. The summed E-state index contributed by atoms with van der Waals surface area (Å²) in [6.07, 6.45) is 6.45. The first-order chi connectivity index (χ1) is 66.4. The van der Waals surface area contributed by atoms with Gasteiger partial charge in [0, 0.05) is 146 Å². The minimum Gasteiger partial charge on any atom is -0.492 e. The van der Waals surface area contributed by atoms with Gasteiger partial charge in [0.1, 0.15) is 82.9 Å². The number of ether oxygens (including phenoxy) is 5. The van der Waals surface area contributed by atoms with Crippen LogP contribution in [0.25, 0.3) is 61.0 Å². The minimum absolute atomic E-state index is 0.0752. The van der Waals surface area contributed by atoms with Gasteiger partial charge in [-0.25, -0.2) is 33.1 Å². The van der Waals surface area contributed by atoms with Gasteiger partial charge in [-0.1, -0.05) is 191 Å². The van der Waals surface area contributed by atoms with Gasteiger partial charge in [-0.15, -0.1) is 17.9 Å². The minimum atomic E-state index is -0.541. The first kappa shape index (κ1) is 104. The second-order valence-electron chi connectivity index (χ2n) is 38.9. The summed E-state index contributed by atoms with van der Waals surface area (Å²) in [5, 5.41) is 23.8. The zero-order valence-electron chi connectivity index (χ0n) is 82.3. The summed E-state index contributed by atoms with van der Waals surface area (Å²) >= 11 is 5.95. The van der Waals surface area contributed by atoms with E-state index in [0.717, 1.165) is 191 Å². The molecule has 2 N–H and O–H groups in total. The normalized spacial score (nSPS) is 13.1. The number of benzene rings is 8. The van der Waals surface area contributed by atoms with E-state index in [1.807, 2.05) is 123 Å². The Morgan fingerprint density at radius 2 is 0.986 bits per heavy atom. The van der Waals surface area contributed by atoms with Crippen LogP contribution in [0.3, 0.4) is 0 Å². The van der Waals surface area contributed by atoms with E-state index in [0.29, 0.717) is 67.6 Å². The number of nitrogens with zero attached hydrogens (tertiary/aromatic N) is 14. The third kappa shape index (κ3) is 28.9. The number of fused-ring (bicyclic) bond motifs is 3. The van der Waals surface area contributed by atoms with Gasteiger partial charge in [0.05, 0.1) is 94.1 Å². The van der Waals surface area contributed by atoms with E-state index in [1.54, 1.807) is 36.0 Å². The fraction of sp³-hybridized carbons (Fsp3) is 0.345. The lowest BCUT2D eigenvalue weighted by Gasteiger charge is -2.26. The second-order valence-corrected chi connectivity index (χ2v) is 43.6. The van der Waals surface area contributed by atoms with Crippen molar-refractivity contribution in [2.75, 3.05) is 84.6 Å². The van der Waals surface area contributed by atoms with E-state index in [2.05, 4.69) is 217 Å². The molecule has 0 radical (unpaired) electrons. The van der Waals surface area contributed by atoms with Crippen LogP contribution in [0, 0.1) is 19.7 Å². The SMILES string of the molecule is CC(C)(C)n1nc(-c2ccc(Cl)cc2)c2c(N)ncnc21.CCC(=O)c1cc(Oc2ccc(CC(=O)Cc3cc(C(C)(C)C)nn3-c3ccc4ncccc4c3)c(F)c2)ccn1.Cc1ccc(-n2nc(C(C)(C)C)cc2CC(=O)Cc2ccc(OCCN3CCOCC3)c3ccccc23)cc1.Cc1ccc(-n2nc(C(C)(C)C)cc2CC(=O)Cc2ccc(OCCN3CCOCC3)cc2)cc1.PPP. The van der Waals surface area contributed by atoms with Gasteiger partial charge in [0.2, 0.25) is 0 Å². The molecule has 2 fully saturated rings. The number of pyridine rings is 2. The highest BCUT2D eigenvalue weighted by Crippen LogP contribution is 2.37. The average Bonchev–Trinajstić information content (AvgIpc) is 1.60. The van der Waals surface area contributed by atoms with Crippen molar-refractivity contribution in [1.29, 1.82) is 0 Å². The molecule has 2 atom stereocenters. The smallest absolute Gasteiger partial charge is 0.181 e. The number of rotatable bonds is 28. The van der Waals surface area contributed by atoms with Crippen LogP contribution in [0.2, 0.25) is 5.02 Å². The van der Waals surface area contributed by atoms with Gasteiger partial charge < -0.3 is 29.4 Å². The van der Waals surface area contributed by atoms with Gasteiger partial charge in [0.15, 0.2) is 11.4 Å². The molecule has 139 heavy (non-hydrogen) atoms. The number of hydrogen-bond donors (Lipinski definition) is 1. The number of morpholine rings is 2. The van der Waals surface area contributed by atoms with Crippen molar-refractivity contribution in [2.24, 2.45) is 0 Å². The number of aryl methyl sites for hydroxylation is 2. The first-order valence-corrected chi connectivity index (χ1v) is 52.1. The predicted octanol–water partition coefficient (Wildman–Crippen LogP) is 22.0. The standard InChI is InChI=1S/C33H31FN4O3.C33H39N3O3.C29H37N3O3.C15H16ClN5.H5P3/c1-5-31(40)30-20-27(12-14-36-30)41-26-10-8-21(28(34)19-26)16-25(39)17-24-18-32(33(2,3)4)37-38(24)23-9-11-29-22(15-23)7-6-13-35-29;1-24-9-12-26(13-10-24)36-27(23-32(34-36)33(2,3)4)22-28(37)21-25-11-14-31(30-8-6-5-7-29(25)30)39-20-17-35-15-18-38-19-16-35;1-22-5-9-24(10-6-22)32-25(21-28(30-32)29(2,3)4)20-26(33)19-23-7-11-27(12-8-23)35-18-15-31-13-16-34-17-14-31;1-15(2,3)21-14-11(13(17)18-8-19-14)12(20-21)9-4-6-10(16)7-5-9;1-3-2/h6-15,18-20H,5,16-17H2,1-4H3;5-14,23H,15-22H2,1-4H3;5-12,21H,13-20H2,1-4H3;4-8H,1-3H3,(H2,17,18,19);3H,1-2H2. The topological polar surface area (TPSA) is 270 Å². The number of anilines is 1. The summed E-state index contributed by atoms with van der Waals surface area (Å²) in [5.74, 6) is 2.31. The number of nitrogens with two attached hydrogens (primary N) is 1. The lowest BCUT2D eigenvalue weighted by atomic mass is 9.92. The Morgan fingerprint density at radius 1 is 0.489 bits per heavy atom. The third-order valence-corrected chi connectivity index (χ3v) is 23.9. The van der Waals surface area contributed by atoms with Gasteiger partial charge in [0.25, 0.3) is 0 Å². The van der Waals surface area contributed by atoms with E-state index in [1.165, 1.54) is 35.8 Å². The monoisotopic (exact) mass is 1950 g/mol. The van der Waals surface area contributed by atoms with Crippen LogP contribution < -0.4 is 19.9 Å². The Labute approximate surface area is 826 Å². The van der Waals surface area contributed by atoms with Crippen molar-refractivity contribution < 1.29 is 47.3 Å². The Bertz CT molecular complexity index is 6710. The molecule has 9 heterocycles. The zero-order chi connectivity index (χ0) is 99.3. The molecule has 24 nitrogen and oxygen atoms in total. The van der Waals surface area contributed by atoms with Crippen molar-refractivity contribution in [3.05, 3.63) is 310 Å². The van der Waals surface area contributed by atoms with Crippen LogP contribution in [-0.2, 0) is 84.2 Å². The Morgan fingerprint density at radius 3 is 1.52 bits per heavy atom. The molecule has 15 aromatic rings. The number of aromatic nitrogens is 12. The van der Waals surface area contributed by atoms with Crippen LogP contribution in [0.1, 0.15) is 169 Å². The largest absolute Gasteiger partial charge is 0.492 e. The number of hydrogen-bond acceptors (Lipinski definition) is 20. The summed E-state index contributed by atoms with van der Waals surface area (Å²) < 4.78 is 51.2. The van der Waals surface area contributed by atoms with Crippen molar-refractivity contribution in [2.45, 2.75) is 171 Å².